The molecule has 0 radical (unpaired) electrons. The van der Waals surface area contributed by atoms with Crippen molar-refractivity contribution in [1.29, 1.82) is 0 Å². The number of hydrogen-bond acceptors (Lipinski definition) is 3. The zero-order chi connectivity index (χ0) is 15.1. The fourth-order valence-corrected chi connectivity index (χ4v) is 1.94. The van der Waals surface area contributed by atoms with Crippen LogP contribution in [0, 0.1) is 18.8 Å². The average molecular weight is 283 g/mol. The Morgan fingerprint density at radius 2 is 2.24 bits per heavy atom. The van der Waals surface area contributed by atoms with E-state index in [0.29, 0.717) is 24.1 Å². The van der Waals surface area contributed by atoms with Gasteiger partial charge in [0, 0.05) is 18.5 Å². The summed E-state index contributed by atoms with van der Waals surface area (Å²) in [6.45, 7) is 2.18. The van der Waals surface area contributed by atoms with Gasteiger partial charge in [0.1, 0.15) is 12.4 Å². The Morgan fingerprint density at radius 1 is 1.38 bits per heavy atom. The predicted molar refractivity (Wildman–Crippen MR) is 79.9 cm³/mol. The predicted octanol–water partition coefficient (Wildman–Crippen LogP) is 1.90. The first-order valence-electron chi connectivity index (χ1n) is 6.71. The third-order valence-corrected chi connectivity index (χ3v) is 2.96. The molecule has 2 N–H and O–H groups in total. The van der Waals surface area contributed by atoms with Gasteiger partial charge >= 0.3 is 0 Å². The zero-order valence-electron chi connectivity index (χ0n) is 11.8. The van der Waals surface area contributed by atoms with Gasteiger partial charge in [0.05, 0.1) is 11.8 Å². The van der Waals surface area contributed by atoms with Crippen LogP contribution in [-0.4, -0.2) is 24.2 Å². The quantitative estimate of drug-likeness (QED) is 0.842. The minimum Gasteiger partial charge on any atom is -0.469 e. The molecule has 4 nitrogen and oxygen atoms in total. The maximum Gasteiger partial charge on any atom is 0.252 e. The van der Waals surface area contributed by atoms with E-state index in [0.717, 1.165) is 11.3 Å². The van der Waals surface area contributed by atoms with Gasteiger partial charge in [-0.1, -0.05) is 23.5 Å². The lowest BCUT2D eigenvalue weighted by Gasteiger charge is -2.07. The maximum atomic E-state index is 12.2. The number of aryl methyl sites for hydroxylation is 1. The monoisotopic (exact) mass is 283 g/mol. The Bertz CT molecular complexity index is 663. The van der Waals surface area contributed by atoms with Crippen molar-refractivity contribution in [1.82, 2.24) is 5.32 Å². The summed E-state index contributed by atoms with van der Waals surface area (Å²) in [5, 5.41) is 11.6. The van der Waals surface area contributed by atoms with Crippen LogP contribution in [0.2, 0.25) is 0 Å². The Morgan fingerprint density at radius 3 is 2.95 bits per heavy atom. The lowest BCUT2D eigenvalue weighted by molar-refractivity contribution is 0.0953. The Labute approximate surface area is 123 Å². The van der Waals surface area contributed by atoms with Crippen LogP contribution in [0.3, 0.4) is 0 Å². The zero-order valence-corrected chi connectivity index (χ0v) is 11.8. The van der Waals surface area contributed by atoms with Gasteiger partial charge in [-0.2, -0.15) is 0 Å². The number of benzene rings is 1. The summed E-state index contributed by atoms with van der Waals surface area (Å²) < 4.78 is 5.22. The van der Waals surface area contributed by atoms with Crippen molar-refractivity contribution in [2.45, 2.75) is 13.3 Å². The Balaban J connectivity index is 2.05. The van der Waals surface area contributed by atoms with Crippen molar-refractivity contribution in [3.63, 3.8) is 0 Å². The van der Waals surface area contributed by atoms with Gasteiger partial charge in [-0.25, -0.2) is 0 Å². The summed E-state index contributed by atoms with van der Waals surface area (Å²) in [6.07, 6.45) is 2.25. The van der Waals surface area contributed by atoms with Crippen LogP contribution in [0.5, 0.6) is 0 Å². The van der Waals surface area contributed by atoms with Crippen molar-refractivity contribution in [2.24, 2.45) is 0 Å². The van der Waals surface area contributed by atoms with Gasteiger partial charge in [0.25, 0.3) is 5.91 Å². The molecule has 0 bridgehead atoms. The molecule has 0 unspecified atom stereocenters. The van der Waals surface area contributed by atoms with Gasteiger partial charge in [0.15, 0.2) is 0 Å². The number of aliphatic hydroxyl groups excluding tert-OH is 1. The molecule has 2 aromatic rings. The van der Waals surface area contributed by atoms with Gasteiger partial charge in [-0.05, 0) is 31.2 Å². The van der Waals surface area contributed by atoms with E-state index in [4.69, 9.17) is 9.52 Å². The molecule has 21 heavy (non-hydrogen) atoms. The number of carbonyl (C=O) groups is 1. The molecule has 108 valence electrons. The van der Waals surface area contributed by atoms with Crippen LogP contribution in [0.1, 0.15) is 27.2 Å². The van der Waals surface area contributed by atoms with Crippen molar-refractivity contribution >= 4 is 5.91 Å². The number of furan rings is 1. The molecule has 0 spiro atoms. The molecule has 1 amide bonds. The van der Waals surface area contributed by atoms with Crippen LogP contribution >= 0.6 is 0 Å². The molecule has 4 heteroatoms. The summed E-state index contributed by atoms with van der Waals surface area (Å²) in [5.74, 6) is 6.02. The summed E-state index contributed by atoms with van der Waals surface area (Å²) >= 11 is 0. The number of hydrogen-bond donors (Lipinski definition) is 2. The third kappa shape index (κ3) is 4.23. The summed E-state index contributed by atoms with van der Waals surface area (Å²) in [6, 6.07) is 9.17. The lowest BCUT2D eigenvalue weighted by atomic mass is 10.0. The molecule has 0 saturated heterocycles. The molecule has 0 saturated carbocycles. The SMILES string of the molecule is Cc1ccc(C#CCO)c(C(=O)NCCc2ccco2)c1. The van der Waals surface area contributed by atoms with E-state index in [1.165, 1.54) is 0 Å². The number of amides is 1. The maximum absolute atomic E-state index is 12.2. The third-order valence-electron chi connectivity index (χ3n) is 2.96. The van der Waals surface area contributed by atoms with Crippen LogP contribution in [0.15, 0.2) is 41.0 Å². The lowest BCUT2D eigenvalue weighted by Crippen LogP contribution is -2.26. The minimum absolute atomic E-state index is 0.174. The molecular formula is C17H17NO3. The molecule has 0 aliphatic rings. The molecule has 0 atom stereocenters. The van der Waals surface area contributed by atoms with Crippen LogP contribution < -0.4 is 5.32 Å². The number of carbonyl (C=O) groups excluding carboxylic acids is 1. The molecule has 1 aromatic heterocycles. The van der Waals surface area contributed by atoms with Crippen LogP contribution in [-0.2, 0) is 6.42 Å². The molecule has 2 rings (SSSR count). The Hall–Kier alpha value is -2.51. The van der Waals surface area contributed by atoms with Crippen molar-refractivity contribution < 1.29 is 14.3 Å². The highest BCUT2D eigenvalue weighted by Gasteiger charge is 2.10. The second-order valence-electron chi connectivity index (χ2n) is 4.59. The van der Waals surface area contributed by atoms with Crippen molar-refractivity contribution in [2.75, 3.05) is 13.2 Å². The minimum atomic E-state index is -0.229. The van der Waals surface area contributed by atoms with E-state index in [1.54, 1.807) is 18.4 Å². The van der Waals surface area contributed by atoms with Gasteiger partial charge in [-0.15, -0.1) is 0 Å². The summed E-state index contributed by atoms with van der Waals surface area (Å²) in [4.78, 5) is 12.2. The molecule has 0 aliphatic heterocycles. The first kappa shape index (κ1) is 14.9. The molecule has 0 fully saturated rings. The van der Waals surface area contributed by atoms with Crippen molar-refractivity contribution in [3.05, 3.63) is 59.0 Å². The van der Waals surface area contributed by atoms with E-state index in [1.807, 2.05) is 25.1 Å². The highest BCUT2D eigenvalue weighted by atomic mass is 16.3. The Kier molecular flexibility index (Phi) is 5.19. The van der Waals surface area contributed by atoms with Gasteiger partial charge < -0.3 is 14.8 Å². The normalized spacial score (nSPS) is 9.81. The molecular weight excluding hydrogens is 266 g/mol. The first-order chi connectivity index (χ1) is 10.2. The van der Waals surface area contributed by atoms with Crippen molar-refractivity contribution in [3.8, 4) is 11.8 Å². The van der Waals surface area contributed by atoms with E-state index >= 15 is 0 Å². The van der Waals surface area contributed by atoms with E-state index in [-0.39, 0.29) is 12.5 Å². The number of nitrogens with one attached hydrogen (secondary N) is 1. The first-order valence-corrected chi connectivity index (χ1v) is 6.71. The summed E-state index contributed by atoms with van der Waals surface area (Å²) in [5.41, 5.74) is 2.13. The van der Waals surface area contributed by atoms with Gasteiger partial charge in [-0.3, -0.25) is 4.79 Å². The van der Waals surface area contributed by atoms with Gasteiger partial charge in [0.2, 0.25) is 0 Å². The second-order valence-corrected chi connectivity index (χ2v) is 4.59. The standard InChI is InChI=1S/C17H17NO3/c1-13-6-7-14(4-2-10-19)16(12-13)17(20)18-9-8-15-5-3-11-21-15/h3,5-7,11-12,19H,8-10H2,1H3,(H,18,20). The second kappa shape index (κ2) is 7.32. The molecule has 1 heterocycles. The number of rotatable bonds is 4. The smallest absolute Gasteiger partial charge is 0.252 e. The van der Waals surface area contributed by atoms with Crippen LogP contribution in [0.25, 0.3) is 0 Å². The fraction of sp³-hybridized carbons (Fsp3) is 0.235. The average Bonchev–Trinajstić information content (AvgIpc) is 2.99. The van der Waals surface area contributed by atoms with E-state index in [9.17, 15) is 4.79 Å². The van der Waals surface area contributed by atoms with E-state index < -0.39 is 0 Å². The van der Waals surface area contributed by atoms with E-state index in [2.05, 4.69) is 17.2 Å². The number of aliphatic hydroxyl groups is 1. The molecule has 0 aliphatic carbocycles. The largest absolute Gasteiger partial charge is 0.469 e. The highest BCUT2D eigenvalue weighted by Crippen LogP contribution is 2.11. The highest BCUT2D eigenvalue weighted by molar-refractivity contribution is 5.96. The fourth-order valence-electron chi connectivity index (χ4n) is 1.94. The molecule has 1 aromatic carbocycles. The topological polar surface area (TPSA) is 62.5 Å². The summed E-state index contributed by atoms with van der Waals surface area (Å²) in [7, 11) is 0. The van der Waals surface area contributed by atoms with Crippen LogP contribution in [0.4, 0.5) is 0 Å².